The van der Waals surface area contributed by atoms with Gasteiger partial charge in [-0.25, -0.2) is 9.38 Å². The number of guanidine groups is 1. The standard InChI is InChI=1S/C21H29FN4OS/c1-3-23-21(24-13-17-7-4-5-8-18(17)22)25-14-19(20-9-6-12-28-20)26-10-11-27-16(2)15-26/h4-9,12,16,19H,3,10-11,13-15H2,1-2H3,(H2,23,24,25). The van der Waals surface area contributed by atoms with Gasteiger partial charge in [0.1, 0.15) is 5.82 Å². The maximum atomic E-state index is 13.9. The summed E-state index contributed by atoms with van der Waals surface area (Å²) in [5, 5.41) is 8.83. The molecule has 2 unspecified atom stereocenters. The van der Waals surface area contributed by atoms with Crippen LogP contribution in [0.2, 0.25) is 0 Å². The molecule has 0 bridgehead atoms. The Hall–Kier alpha value is -1.96. The van der Waals surface area contributed by atoms with Gasteiger partial charge in [0, 0.05) is 36.6 Å². The molecule has 1 aliphatic heterocycles. The number of benzene rings is 1. The minimum Gasteiger partial charge on any atom is -0.376 e. The molecule has 5 nitrogen and oxygen atoms in total. The lowest BCUT2D eigenvalue weighted by molar-refractivity contribution is -0.0334. The SMILES string of the molecule is CCNC(=NCc1ccccc1F)NCC(c1cccs1)N1CCOC(C)C1. The molecule has 0 amide bonds. The number of morpholine rings is 1. The zero-order valence-corrected chi connectivity index (χ0v) is 17.3. The van der Waals surface area contributed by atoms with E-state index >= 15 is 0 Å². The largest absolute Gasteiger partial charge is 0.376 e. The van der Waals surface area contributed by atoms with Gasteiger partial charge in [0.15, 0.2) is 5.96 Å². The molecule has 2 atom stereocenters. The van der Waals surface area contributed by atoms with Crippen LogP contribution < -0.4 is 10.6 Å². The van der Waals surface area contributed by atoms with Crippen LogP contribution in [0.4, 0.5) is 4.39 Å². The maximum absolute atomic E-state index is 13.9. The second-order valence-corrected chi connectivity index (χ2v) is 7.85. The predicted molar refractivity (Wildman–Crippen MR) is 113 cm³/mol. The summed E-state index contributed by atoms with van der Waals surface area (Å²) in [7, 11) is 0. The molecule has 1 aromatic carbocycles. The third-order valence-electron chi connectivity index (χ3n) is 4.76. The quantitative estimate of drug-likeness (QED) is 0.549. The van der Waals surface area contributed by atoms with Crippen LogP contribution in [0.5, 0.6) is 0 Å². The molecule has 0 radical (unpaired) electrons. The van der Waals surface area contributed by atoms with Crippen LogP contribution in [0.3, 0.4) is 0 Å². The summed E-state index contributed by atoms with van der Waals surface area (Å²) < 4.78 is 19.6. The molecule has 0 aliphatic carbocycles. The Kier molecular flexibility index (Phi) is 7.82. The predicted octanol–water partition coefficient (Wildman–Crippen LogP) is 3.40. The lowest BCUT2D eigenvalue weighted by Gasteiger charge is -2.37. The van der Waals surface area contributed by atoms with E-state index < -0.39 is 0 Å². The van der Waals surface area contributed by atoms with Crippen molar-refractivity contribution in [2.75, 3.05) is 32.8 Å². The molecule has 7 heteroatoms. The zero-order valence-electron chi connectivity index (χ0n) is 16.5. The summed E-state index contributed by atoms with van der Waals surface area (Å²) in [6, 6.07) is 11.3. The minimum atomic E-state index is -0.221. The Bertz CT molecular complexity index is 753. The van der Waals surface area contributed by atoms with Crippen LogP contribution in [0.15, 0.2) is 46.8 Å². The molecular weight excluding hydrogens is 375 g/mol. The fraction of sp³-hybridized carbons (Fsp3) is 0.476. The molecule has 3 rings (SSSR count). The van der Waals surface area contributed by atoms with E-state index in [0.29, 0.717) is 18.1 Å². The van der Waals surface area contributed by atoms with Crippen molar-refractivity contribution in [2.45, 2.75) is 32.5 Å². The van der Waals surface area contributed by atoms with Crippen molar-refractivity contribution in [1.29, 1.82) is 0 Å². The van der Waals surface area contributed by atoms with Crippen molar-refractivity contribution >= 4 is 17.3 Å². The first-order valence-electron chi connectivity index (χ1n) is 9.82. The molecular formula is C21H29FN4OS. The van der Waals surface area contributed by atoms with E-state index in [4.69, 9.17) is 4.74 Å². The Labute approximate surface area is 170 Å². The topological polar surface area (TPSA) is 48.9 Å². The van der Waals surface area contributed by atoms with Gasteiger partial charge in [-0.2, -0.15) is 0 Å². The van der Waals surface area contributed by atoms with Crippen molar-refractivity contribution in [2.24, 2.45) is 4.99 Å². The molecule has 1 aliphatic rings. The second kappa shape index (κ2) is 10.5. The monoisotopic (exact) mass is 404 g/mol. The lowest BCUT2D eigenvalue weighted by Crippen LogP contribution is -2.48. The van der Waals surface area contributed by atoms with Crippen molar-refractivity contribution < 1.29 is 9.13 Å². The molecule has 1 aromatic heterocycles. The Balaban J connectivity index is 1.68. The van der Waals surface area contributed by atoms with Crippen LogP contribution >= 0.6 is 11.3 Å². The highest BCUT2D eigenvalue weighted by molar-refractivity contribution is 7.10. The first kappa shape index (κ1) is 20.8. The normalized spacial score (nSPS) is 19.4. The molecule has 1 fully saturated rings. The number of aliphatic imine (C=N–C) groups is 1. The molecule has 2 heterocycles. The summed E-state index contributed by atoms with van der Waals surface area (Å²) in [5.41, 5.74) is 0.594. The van der Waals surface area contributed by atoms with Crippen molar-refractivity contribution in [3.63, 3.8) is 0 Å². The van der Waals surface area contributed by atoms with Crippen molar-refractivity contribution in [3.05, 3.63) is 58.0 Å². The number of hydrogen-bond acceptors (Lipinski definition) is 4. The first-order valence-corrected chi connectivity index (χ1v) is 10.7. The van der Waals surface area contributed by atoms with Gasteiger partial charge in [-0.15, -0.1) is 11.3 Å². The minimum absolute atomic E-state index is 0.221. The second-order valence-electron chi connectivity index (χ2n) is 6.88. The lowest BCUT2D eigenvalue weighted by atomic mass is 10.1. The van der Waals surface area contributed by atoms with Gasteiger partial charge in [-0.05, 0) is 31.4 Å². The summed E-state index contributed by atoms with van der Waals surface area (Å²) in [6.45, 7) is 8.51. The molecule has 2 aromatic rings. The third-order valence-corrected chi connectivity index (χ3v) is 5.73. The highest BCUT2D eigenvalue weighted by Crippen LogP contribution is 2.26. The van der Waals surface area contributed by atoms with Crippen molar-refractivity contribution in [1.82, 2.24) is 15.5 Å². The third kappa shape index (κ3) is 5.77. The van der Waals surface area contributed by atoms with Crippen molar-refractivity contribution in [3.8, 4) is 0 Å². The van der Waals surface area contributed by atoms with Gasteiger partial charge in [0.05, 0.1) is 25.3 Å². The fourth-order valence-corrected chi connectivity index (χ4v) is 4.21. The van der Waals surface area contributed by atoms with Crippen LogP contribution in [0.1, 0.15) is 30.3 Å². The Morgan fingerprint density at radius 3 is 2.89 bits per heavy atom. The molecule has 1 saturated heterocycles. The molecule has 2 N–H and O–H groups in total. The van der Waals surface area contributed by atoms with E-state index in [2.05, 4.69) is 45.0 Å². The maximum Gasteiger partial charge on any atom is 0.191 e. The number of ether oxygens (including phenoxy) is 1. The zero-order chi connectivity index (χ0) is 19.8. The molecule has 28 heavy (non-hydrogen) atoms. The summed E-state index contributed by atoms with van der Waals surface area (Å²) in [5.74, 6) is 0.481. The smallest absolute Gasteiger partial charge is 0.191 e. The van der Waals surface area contributed by atoms with Gasteiger partial charge < -0.3 is 15.4 Å². The van der Waals surface area contributed by atoms with E-state index in [-0.39, 0.29) is 18.0 Å². The van der Waals surface area contributed by atoms with E-state index in [1.807, 2.05) is 13.0 Å². The molecule has 0 spiro atoms. The Morgan fingerprint density at radius 1 is 1.32 bits per heavy atom. The molecule has 0 saturated carbocycles. The molecule has 152 valence electrons. The van der Waals surface area contributed by atoms with Crippen LogP contribution in [0.25, 0.3) is 0 Å². The van der Waals surface area contributed by atoms with Gasteiger partial charge in [0.25, 0.3) is 0 Å². The summed E-state index contributed by atoms with van der Waals surface area (Å²) in [6.07, 6.45) is 0.235. The summed E-state index contributed by atoms with van der Waals surface area (Å²) in [4.78, 5) is 8.36. The van der Waals surface area contributed by atoms with E-state index in [0.717, 1.165) is 32.8 Å². The highest BCUT2D eigenvalue weighted by atomic mass is 32.1. The number of nitrogens with zero attached hydrogens (tertiary/aromatic N) is 2. The number of halogens is 1. The van der Waals surface area contributed by atoms with E-state index in [1.165, 1.54) is 10.9 Å². The number of nitrogens with one attached hydrogen (secondary N) is 2. The number of rotatable bonds is 7. The number of thiophene rings is 1. The average Bonchev–Trinajstić information content (AvgIpc) is 3.22. The van der Waals surface area contributed by atoms with Crippen LogP contribution in [0, 0.1) is 5.82 Å². The highest BCUT2D eigenvalue weighted by Gasteiger charge is 2.26. The van der Waals surface area contributed by atoms with Gasteiger partial charge in [-0.3, -0.25) is 4.90 Å². The van der Waals surface area contributed by atoms with Gasteiger partial charge in [0.2, 0.25) is 0 Å². The number of hydrogen-bond donors (Lipinski definition) is 2. The summed E-state index contributed by atoms with van der Waals surface area (Å²) >= 11 is 1.77. The first-order chi connectivity index (χ1) is 13.7. The average molecular weight is 405 g/mol. The van der Waals surface area contributed by atoms with Crippen LogP contribution in [-0.2, 0) is 11.3 Å². The van der Waals surface area contributed by atoms with E-state index in [9.17, 15) is 4.39 Å². The Morgan fingerprint density at radius 2 is 2.18 bits per heavy atom. The van der Waals surface area contributed by atoms with Gasteiger partial charge >= 0.3 is 0 Å². The fourth-order valence-electron chi connectivity index (χ4n) is 3.34. The van der Waals surface area contributed by atoms with Crippen LogP contribution in [-0.4, -0.2) is 49.7 Å². The van der Waals surface area contributed by atoms with E-state index in [1.54, 1.807) is 23.5 Å². The van der Waals surface area contributed by atoms with Gasteiger partial charge in [-0.1, -0.05) is 24.3 Å².